The van der Waals surface area contributed by atoms with Crippen LogP contribution in [0.5, 0.6) is 0 Å². The van der Waals surface area contributed by atoms with Crippen molar-refractivity contribution in [1.29, 1.82) is 0 Å². The molecule has 0 aromatic carbocycles. The molecule has 0 spiro atoms. The minimum Gasteiger partial charge on any atom is -0.291 e. The van der Waals surface area contributed by atoms with Gasteiger partial charge in [0.05, 0.1) is 0 Å². The lowest BCUT2D eigenvalue weighted by molar-refractivity contribution is 0.226. The van der Waals surface area contributed by atoms with Gasteiger partial charge in [-0.15, -0.1) is 0 Å². The van der Waals surface area contributed by atoms with Crippen LogP contribution in [0.15, 0.2) is 9.98 Å². The zero-order valence-electron chi connectivity index (χ0n) is 14.6. The number of rotatable bonds is 4. The summed E-state index contributed by atoms with van der Waals surface area (Å²) in [7, 11) is 0. The Morgan fingerprint density at radius 1 is 0.619 bits per heavy atom. The molecule has 2 fully saturated rings. The van der Waals surface area contributed by atoms with E-state index < -0.39 is 0 Å². The van der Waals surface area contributed by atoms with Crippen molar-refractivity contribution in [2.75, 3.05) is 0 Å². The molecule has 120 valence electrons. The van der Waals surface area contributed by atoms with Gasteiger partial charge < -0.3 is 0 Å². The standard InChI is InChI=1S/C19H34N2/c1-14(2)20-18-9-5-16(6-10-18)13-17-7-11-19(12-8-17)21-15(3)4/h16-19H,5-13H2,1-4H3. The van der Waals surface area contributed by atoms with Gasteiger partial charge in [0.2, 0.25) is 0 Å². The Morgan fingerprint density at radius 3 is 1.24 bits per heavy atom. The molecule has 0 N–H and O–H groups in total. The fraction of sp³-hybridized carbons (Fsp3) is 0.895. The predicted octanol–water partition coefficient (Wildman–Crippen LogP) is 5.46. The molecule has 0 aromatic rings. The van der Waals surface area contributed by atoms with Crippen molar-refractivity contribution < 1.29 is 0 Å². The first-order valence-electron chi connectivity index (χ1n) is 9.05. The topological polar surface area (TPSA) is 24.7 Å². The van der Waals surface area contributed by atoms with Crippen molar-refractivity contribution in [3.8, 4) is 0 Å². The lowest BCUT2D eigenvalue weighted by Gasteiger charge is -2.32. The molecule has 2 nitrogen and oxygen atoms in total. The van der Waals surface area contributed by atoms with Crippen molar-refractivity contribution >= 4 is 11.4 Å². The molecular weight excluding hydrogens is 256 g/mol. The summed E-state index contributed by atoms with van der Waals surface area (Å²) in [6.07, 6.45) is 12.4. The number of hydrogen-bond donors (Lipinski definition) is 0. The molecule has 0 radical (unpaired) electrons. The molecule has 0 aromatic heterocycles. The first-order valence-corrected chi connectivity index (χ1v) is 9.05. The van der Waals surface area contributed by atoms with E-state index in [0.29, 0.717) is 12.1 Å². The van der Waals surface area contributed by atoms with E-state index in [4.69, 9.17) is 9.98 Å². The quantitative estimate of drug-likeness (QED) is 0.615. The molecule has 2 heteroatoms. The Labute approximate surface area is 131 Å². The van der Waals surface area contributed by atoms with Gasteiger partial charge in [-0.1, -0.05) is 0 Å². The van der Waals surface area contributed by atoms with Crippen LogP contribution in [0, 0.1) is 11.8 Å². The van der Waals surface area contributed by atoms with Gasteiger partial charge in [0.15, 0.2) is 0 Å². The van der Waals surface area contributed by atoms with E-state index in [9.17, 15) is 0 Å². The molecule has 0 atom stereocenters. The Morgan fingerprint density at radius 2 is 0.952 bits per heavy atom. The third-order valence-electron chi connectivity index (χ3n) is 5.18. The molecule has 0 saturated heterocycles. The van der Waals surface area contributed by atoms with Gasteiger partial charge in [0.1, 0.15) is 0 Å². The molecule has 0 aliphatic heterocycles. The molecule has 2 aliphatic rings. The average molecular weight is 290 g/mol. The summed E-state index contributed by atoms with van der Waals surface area (Å²) in [6, 6.07) is 1.26. The highest BCUT2D eigenvalue weighted by Crippen LogP contribution is 2.36. The molecule has 0 heterocycles. The first-order chi connectivity index (χ1) is 10.0. The van der Waals surface area contributed by atoms with Gasteiger partial charge in [0, 0.05) is 23.5 Å². The Hall–Kier alpha value is -0.660. The van der Waals surface area contributed by atoms with Gasteiger partial charge >= 0.3 is 0 Å². The van der Waals surface area contributed by atoms with E-state index in [1.807, 2.05) is 0 Å². The molecule has 2 saturated carbocycles. The highest BCUT2D eigenvalue weighted by atomic mass is 14.8. The van der Waals surface area contributed by atoms with Gasteiger partial charge in [-0.25, -0.2) is 0 Å². The van der Waals surface area contributed by atoms with Crippen LogP contribution in [0.2, 0.25) is 0 Å². The highest BCUT2D eigenvalue weighted by Gasteiger charge is 2.26. The monoisotopic (exact) mass is 290 g/mol. The van der Waals surface area contributed by atoms with Crippen LogP contribution in [0.25, 0.3) is 0 Å². The number of aliphatic imine (C=N–C) groups is 2. The lowest BCUT2D eigenvalue weighted by Crippen LogP contribution is -2.23. The smallest absolute Gasteiger partial charge is 0.0499 e. The van der Waals surface area contributed by atoms with Crippen LogP contribution in [-0.4, -0.2) is 23.5 Å². The molecular formula is C19H34N2. The third-order valence-corrected chi connectivity index (χ3v) is 5.18. The zero-order chi connectivity index (χ0) is 15.2. The Bertz CT molecular complexity index is 323. The molecule has 2 aliphatic carbocycles. The van der Waals surface area contributed by atoms with E-state index >= 15 is 0 Å². The number of nitrogens with zero attached hydrogens (tertiary/aromatic N) is 2. The fourth-order valence-corrected chi connectivity index (χ4v) is 4.22. The van der Waals surface area contributed by atoms with E-state index in [1.165, 1.54) is 69.2 Å². The van der Waals surface area contributed by atoms with Crippen LogP contribution >= 0.6 is 0 Å². The largest absolute Gasteiger partial charge is 0.291 e. The van der Waals surface area contributed by atoms with Crippen LogP contribution in [0.3, 0.4) is 0 Å². The summed E-state index contributed by atoms with van der Waals surface area (Å²) >= 11 is 0. The second kappa shape index (κ2) is 8.10. The maximum absolute atomic E-state index is 4.76. The van der Waals surface area contributed by atoms with Gasteiger partial charge in [-0.05, 0) is 97.3 Å². The maximum Gasteiger partial charge on any atom is 0.0499 e. The summed E-state index contributed by atoms with van der Waals surface area (Å²) in [4.78, 5) is 9.51. The van der Waals surface area contributed by atoms with Crippen LogP contribution in [0.1, 0.15) is 85.5 Å². The predicted molar refractivity (Wildman–Crippen MR) is 93.7 cm³/mol. The Balaban J connectivity index is 1.68. The average Bonchev–Trinajstić information content (AvgIpc) is 2.42. The van der Waals surface area contributed by atoms with Gasteiger partial charge in [-0.3, -0.25) is 9.98 Å². The summed E-state index contributed by atoms with van der Waals surface area (Å²) in [5.41, 5.74) is 2.51. The summed E-state index contributed by atoms with van der Waals surface area (Å²) in [5, 5.41) is 0. The summed E-state index contributed by atoms with van der Waals surface area (Å²) in [6.45, 7) is 8.52. The molecule has 21 heavy (non-hydrogen) atoms. The van der Waals surface area contributed by atoms with Crippen molar-refractivity contribution in [2.45, 2.75) is 97.6 Å². The highest BCUT2D eigenvalue weighted by molar-refractivity contribution is 5.79. The second-order valence-corrected chi connectivity index (χ2v) is 7.74. The fourth-order valence-electron chi connectivity index (χ4n) is 4.22. The van der Waals surface area contributed by atoms with Crippen LogP contribution < -0.4 is 0 Å². The second-order valence-electron chi connectivity index (χ2n) is 7.74. The minimum atomic E-state index is 0.629. The minimum absolute atomic E-state index is 0.629. The molecule has 0 unspecified atom stereocenters. The summed E-state index contributed by atoms with van der Waals surface area (Å²) in [5.74, 6) is 1.96. The van der Waals surface area contributed by atoms with Crippen molar-refractivity contribution in [1.82, 2.24) is 0 Å². The number of hydrogen-bond acceptors (Lipinski definition) is 2. The molecule has 2 rings (SSSR count). The van der Waals surface area contributed by atoms with Gasteiger partial charge in [0.25, 0.3) is 0 Å². The first kappa shape index (κ1) is 16.7. The van der Waals surface area contributed by atoms with Crippen LogP contribution in [-0.2, 0) is 0 Å². The molecule has 0 bridgehead atoms. The van der Waals surface area contributed by atoms with Gasteiger partial charge in [-0.2, -0.15) is 0 Å². The maximum atomic E-state index is 4.76. The van der Waals surface area contributed by atoms with E-state index in [0.717, 1.165) is 11.8 Å². The van der Waals surface area contributed by atoms with E-state index in [1.54, 1.807) is 0 Å². The van der Waals surface area contributed by atoms with E-state index in [2.05, 4.69) is 27.7 Å². The van der Waals surface area contributed by atoms with E-state index in [-0.39, 0.29) is 0 Å². The normalized spacial score (nSPS) is 33.3. The SMILES string of the molecule is CC(C)=NC1CCC(CC2CCC(N=C(C)C)CC2)CC1. The zero-order valence-corrected chi connectivity index (χ0v) is 14.6. The lowest BCUT2D eigenvalue weighted by atomic mass is 9.76. The van der Waals surface area contributed by atoms with Crippen molar-refractivity contribution in [3.63, 3.8) is 0 Å². The summed E-state index contributed by atoms with van der Waals surface area (Å²) < 4.78 is 0. The third kappa shape index (κ3) is 5.92. The molecule has 0 amide bonds. The van der Waals surface area contributed by atoms with Crippen LogP contribution in [0.4, 0.5) is 0 Å². The van der Waals surface area contributed by atoms with Crippen molar-refractivity contribution in [2.24, 2.45) is 21.8 Å². The van der Waals surface area contributed by atoms with Crippen molar-refractivity contribution in [3.05, 3.63) is 0 Å². The Kier molecular flexibility index (Phi) is 6.44.